The number of rotatable bonds is 3. The molecule has 0 unspecified atom stereocenters. The average Bonchev–Trinajstić information content (AvgIpc) is 3.33. The van der Waals surface area contributed by atoms with Crippen LogP contribution in [0.2, 0.25) is 0 Å². The molecule has 1 amide bonds. The number of nitrogens with zero attached hydrogens (tertiary/aromatic N) is 5. The van der Waals surface area contributed by atoms with Gasteiger partial charge in [-0.25, -0.2) is 4.98 Å². The molecule has 2 fully saturated rings. The molecule has 132 valence electrons. The number of carbonyl (C=O) groups is 1. The molecule has 7 heteroatoms. The molecule has 4 rings (SSSR count). The Balaban J connectivity index is 1.40. The third-order valence-electron chi connectivity index (χ3n) is 4.85. The fraction of sp³-hybridized carbons (Fsp3) is 0.500. The van der Waals surface area contributed by atoms with E-state index in [9.17, 15) is 4.79 Å². The van der Waals surface area contributed by atoms with Gasteiger partial charge in [0.2, 0.25) is 5.95 Å². The lowest BCUT2D eigenvalue weighted by Crippen LogP contribution is -2.49. The van der Waals surface area contributed by atoms with Gasteiger partial charge in [0.05, 0.1) is 4.88 Å². The lowest BCUT2D eigenvalue weighted by molar-refractivity contribution is 0.0751. The van der Waals surface area contributed by atoms with Crippen molar-refractivity contribution in [1.82, 2.24) is 14.9 Å². The van der Waals surface area contributed by atoms with Crippen LogP contribution in [0.25, 0.3) is 0 Å². The van der Waals surface area contributed by atoms with Crippen molar-refractivity contribution in [1.29, 1.82) is 0 Å². The molecule has 0 aliphatic carbocycles. The Morgan fingerprint density at radius 3 is 2.52 bits per heavy atom. The average molecular weight is 357 g/mol. The van der Waals surface area contributed by atoms with Crippen LogP contribution in [0.3, 0.4) is 0 Å². The fourth-order valence-electron chi connectivity index (χ4n) is 3.42. The van der Waals surface area contributed by atoms with Crippen LogP contribution in [0.1, 0.15) is 28.1 Å². The predicted octanol–water partition coefficient (Wildman–Crippen LogP) is 2.41. The Morgan fingerprint density at radius 1 is 1.08 bits per heavy atom. The second-order valence-corrected chi connectivity index (χ2v) is 7.59. The number of piperazine rings is 1. The largest absolute Gasteiger partial charge is 0.353 e. The van der Waals surface area contributed by atoms with E-state index in [1.54, 1.807) is 0 Å². The van der Waals surface area contributed by atoms with E-state index in [0.29, 0.717) is 0 Å². The highest BCUT2D eigenvalue weighted by Crippen LogP contribution is 2.21. The Hall–Kier alpha value is -2.15. The van der Waals surface area contributed by atoms with E-state index in [1.165, 1.54) is 24.2 Å². The van der Waals surface area contributed by atoms with Gasteiger partial charge in [-0.15, -0.1) is 11.3 Å². The smallest absolute Gasteiger partial charge is 0.264 e. The van der Waals surface area contributed by atoms with Crippen molar-refractivity contribution in [3.8, 4) is 0 Å². The lowest BCUT2D eigenvalue weighted by Gasteiger charge is -2.35. The van der Waals surface area contributed by atoms with Crippen LogP contribution in [-0.4, -0.2) is 60.0 Å². The highest BCUT2D eigenvalue weighted by atomic mass is 32.1. The van der Waals surface area contributed by atoms with Gasteiger partial charge in [-0.1, -0.05) is 0 Å². The van der Waals surface area contributed by atoms with Crippen LogP contribution < -0.4 is 9.80 Å². The molecule has 25 heavy (non-hydrogen) atoms. The van der Waals surface area contributed by atoms with Crippen molar-refractivity contribution in [2.24, 2.45) is 0 Å². The van der Waals surface area contributed by atoms with Gasteiger partial charge in [0.15, 0.2) is 0 Å². The van der Waals surface area contributed by atoms with Crippen LogP contribution in [0.5, 0.6) is 0 Å². The molecule has 0 N–H and O–H groups in total. The van der Waals surface area contributed by atoms with E-state index < -0.39 is 0 Å². The molecule has 6 nitrogen and oxygen atoms in total. The zero-order valence-electron chi connectivity index (χ0n) is 14.5. The van der Waals surface area contributed by atoms with E-state index >= 15 is 0 Å². The van der Waals surface area contributed by atoms with Gasteiger partial charge in [0.25, 0.3) is 5.91 Å². The normalized spacial score (nSPS) is 18.0. The second-order valence-electron chi connectivity index (χ2n) is 6.68. The first-order valence-electron chi connectivity index (χ1n) is 8.88. The standard InChI is InChI=1S/C18H23N5OS/c1-14-12-15(25-13-14)17(24)22-10-8-21(9-11-22)16-4-5-19-18(20-16)23-6-2-3-7-23/h4-5,12-13H,2-3,6-11H2,1H3. The summed E-state index contributed by atoms with van der Waals surface area (Å²) < 4.78 is 0. The number of hydrogen-bond acceptors (Lipinski definition) is 6. The molecule has 0 radical (unpaired) electrons. The third kappa shape index (κ3) is 3.46. The maximum absolute atomic E-state index is 12.6. The van der Waals surface area contributed by atoms with Crippen LogP contribution >= 0.6 is 11.3 Å². The Morgan fingerprint density at radius 2 is 1.84 bits per heavy atom. The molecule has 2 aliphatic rings. The maximum atomic E-state index is 12.6. The fourth-order valence-corrected chi connectivity index (χ4v) is 4.29. The first-order chi connectivity index (χ1) is 12.2. The van der Waals surface area contributed by atoms with Gasteiger partial charge in [-0.3, -0.25) is 4.79 Å². The number of hydrogen-bond donors (Lipinski definition) is 0. The molecule has 2 aromatic rings. The van der Waals surface area contributed by atoms with E-state index in [4.69, 9.17) is 4.98 Å². The Bertz CT molecular complexity index is 747. The summed E-state index contributed by atoms with van der Waals surface area (Å²) in [6.45, 7) is 7.22. The number of carbonyl (C=O) groups excluding carboxylic acids is 1. The molecule has 0 bridgehead atoms. The second kappa shape index (κ2) is 7.00. The quantitative estimate of drug-likeness (QED) is 0.844. The summed E-state index contributed by atoms with van der Waals surface area (Å²) in [4.78, 5) is 29.0. The molecule has 0 aromatic carbocycles. The monoisotopic (exact) mass is 357 g/mol. The topological polar surface area (TPSA) is 52.6 Å². The van der Waals surface area contributed by atoms with E-state index in [0.717, 1.165) is 61.5 Å². The van der Waals surface area contributed by atoms with Gasteiger partial charge >= 0.3 is 0 Å². The highest BCUT2D eigenvalue weighted by molar-refractivity contribution is 7.12. The predicted molar refractivity (Wildman–Crippen MR) is 101 cm³/mol. The third-order valence-corrected chi connectivity index (χ3v) is 5.89. The van der Waals surface area contributed by atoms with Crippen molar-refractivity contribution < 1.29 is 4.79 Å². The van der Waals surface area contributed by atoms with Gasteiger partial charge in [-0.05, 0) is 42.8 Å². The summed E-state index contributed by atoms with van der Waals surface area (Å²) in [6.07, 6.45) is 4.29. The van der Waals surface area contributed by atoms with Crippen molar-refractivity contribution in [3.63, 3.8) is 0 Å². The molecule has 0 atom stereocenters. The van der Waals surface area contributed by atoms with Crippen LogP contribution in [0.15, 0.2) is 23.7 Å². The van der Waals surface area contributed by atoms with E-state index in [1.807, 2.05) is 35.5 Å². The number of amides is 1. The van der Waals surface area contributed by atoms with Gasteiger partial charge < -0.3 is 14.7 Å². The Labute approximate surface area is 152 Å². The molecular weight excluding hydrogens is 334 g/mol. The molecular formula is C18H23N5OS. The minimum atomic E-state index is 0.151. The van der Waals surface area contributed by atoms with Crippen molar-refractivity contribution in [3.05, 3.63) is 34.2 Å². The molecule has 0 spiro atoms. The van der Waals surface area contributed by atoms with E-state index in [-0.39, 0.29) is 5.91 Å². The SMILES string of the molecule is Cc1csc(C(=O)N2CCN(c3ccnc(N4CCCC4)n3)CC2)c1. The van der Waals surface area contributed by atoms with Crippen LogP contribution in [-0.2, 0) is 0 Å². The molecule has 0 saturated carbocycles. The molecule has 2 aromatic heterocycles. The minimum absolute atomic E-state index is 0.151. The first kappa shape index (κ1) is 16.3. The van der Waals surface area contributed by atoms with Crippen LogP contribution in [0, 0.1) is 6.92 Å². The summed E-state index contributed by atoms with van der Waals surface area (Å²) in [7, 11) is 0. The summed E-state index contributed by atoms with van der Waals surface area (Å²) in [6, 6.07) is 3.95. The molecule has 2 saturated heterocycles. The lowest BCUT2D eigenvalue weighted by atomic mass is 10.2. The molecule has 4 heterocycles. The number of anilines is 2. The highest BCUT2D eigenvalue weighted by Gasteiger charge is 2.24. The van der Waals surface area contributed by atoms with Gasteiger partial charge in [0, 0.05) is 45.5 Å². The molecule has 2 aliphatic heterocycles. The summed E-state index contributed by atoms with van der Waals surface area (Å²) >= 11 is 1.53. The van der Waals surface area contributed by atoms with Gasteiger partial charge in [0.1, 0.15) is 5.82 Å². The van der Waals surface area contributed by atoms with Crippen LogP contribution in [0.4, 0.5) is 11.8 Å². The summed E-state index contributed by atoms with van der Waals surface area (Å²) in [5.41, 5.74) is 1.16. The van der Waals surface area contributed by atoms with Gasteiger partial charge in [-0.2, -0.15) is 4.98 Å². The van der Waals surface area contributed by atoms with Crippen molar-refractivity contribution in [2.45, 2.75) is 19.8 Å². The van der Waals surface area contributed by atoms with E-state index in [2.05, 4.69) is 14.8 Å². The number of aromatic nitrogens is 2. The minimum Gasteiger partial charge on any atom is -0.353 e. The van der Waals surface area contributed by atoms with Crippen molar-refractivity contribution in [2.75, 3.05) is 49.1 Å². The summed E-state index contributed by atoms with van der Waals surface area (Å²) in [5, 5.41) is 2.03. The Kier molecular flexibility index (Phi) is 4.57. The number of aryl methyl sites for hydroxylation is 1. The zero-order chi connectivity index (χ0) is 17.2. The summed E-state index contributed by atoms with van der Waals surface area (Å²) in [5.74, 6) is 1.96. The maximum Gasteiger partial charge on any atom is 0.264 e. The van der Waals surface area contributed by atoms with Crippen molar-refractivity contribution >= 4 is 29.0 Å². The first-order valence-corrected chi connectivity index (χ1v) is 9.76. The zero-order valence-corrected chi connectivity index (χ0v) is 15.3. The number of thiophene rings is 1.